The summed E-state index contributed by atoms with van der Waals surface area (Å²) in [5, 5.41) is 9.18. The van der Waals surface area contributed by atoms with E-state index in [0.717, 1.165) is 24.0 Å². The summed E-state index contributed by atoms with van der Waals surface area (Å²) in [7, 11) is 0. The van der Waals surface area contributed by atoms with E-state index in [1.165, 1.54) is 0 Å². The maximum Gasteiger partial charge on any atom is 0.159 e. The van der Waals surface area contributed by atoms with Crippen LogP contribution in [0.1, 0.15) is 31.7 Å². The van der Waals surface area contributed by atoms with Crippen molar-refractivity contribution in [2.45, 2.75) is 26.2 Å². The Balaban J connectivity index is 2.27. The smallest absolute Gasteiger partial charge is 0.159 e. The molecule has 1 unspecified atom stereocenters. The molecule has 0 aliphatic heterocycles. The lowest BCUT2D eigenvalue weighted by molar-refractivity contribution is -0.116. The molecular weight excluding hydrogens is 200 g/mol. The Labute approximate surface area is 95.6 Å². The van der Waals surface area contributed by atoms with E-state index in [4.69, 9.17) is 0 Å². The number of hydrogen-bond donors (Lipinski definition) is 1. The zero-order chi connectivity index (χ0) is 11.5. The predicted molar refractivity (Wildman–Crippen MR) is 64.1 cm³/mol. The van der Waals surface area contributed by atoms with Gasteiger partial charge in [-0.15, -0.1) is 0 Å². The number of Topliss-reactive ketones (excluding diaryl/α,β-unsaturated/α-hetero) is 1. The number of carbonyl (C=O) groups is 1. The third-order valence-corrected chi connectivity index (χ3v) is 3.11. The lowest BCUT2D eigenvalue weighted by Gasteiger charge is -2.20. The van der Waals surface area contributed by atoms with Crippen LogP contribution in [0.4, 0.5) is 0 Å². The van der Waals surface area contributed by atoms with Gasteiger partial charge < -0.3 is 5.11 Å². The number of aromatic hydroxyl groups is 1. The Kier molecular flexibility index (Phi) is 3.09. The lowest BCUT2D eigenvalue weighted by atomic mass is 9.83. The molecular formula is C14H16O2. The molecule has 0 radical (unpaired) electrons. The van der Waals surface area contributed by atoms with Crippen molar-refractivity contribution in [3.8, 4) is 5.75 Å². The van der Waals surface area contributed by atoms with Gasteiger partial charge in [0.1, 0.15) is 5.75 Å². The summed E-state index contributed by atoms with van der Waals surface area (Å²) in [4.78, 5) is 11.8. The first-order valence-electron chi connectivity index (χ1n) is 5.70. The van der Waals surface area contributed by atoms with Crippen molar-refractivity contribution in [3.05, 3.63) is 35.4 Å². The zero-order valence-electron chi connectivity index (χ0n) is 9.44. The van der Waals surface area contributed by atoms with E-state index in [2.05, 4.69) is 6.92 Å². The van der Waals surface area contributed by atoms with Gasteiger partial charge in [0.2, 0.25) is 0 Å². The van der Waals surface area contributed by atoms with Crippen LogP contribution >= 0.6 is 0 Å². The molecule has 0 saturated heterocycles. The molecule has 1 aromatic carbocycles. The third kappa shape index (κ3) is 2.32. The molecule has 0 spiro atoms. The minimum Gasteiger partial charge on any atom is -0.508 e. The van der Waals surface area contributed by atoms with E-state index < -0.39 is 0 Å². The van der Waals surface area contributed by atoms with Crippen LogP contribution < -0.4 is 0 Å². The second kappa shape index (κ2) is 4.52. The van der Waals surface area contributed by atoms with Crippen LogP contribution in [0.15, 0.2) is 29.8 Å². The highest BCUT2D eigenvalue weighted by molar-refractivity contribution is 6.00. The van der Waals surface area contributed by atoms with Crippen LogP contribution in [0.2, 0.25) is 0 Å². The van der Waals surface area contributed by atoms with Crippen molar-refractivity contribution >= 4 is 11.9 Å². The molecule has 2 rings (SSSR count). The summed E-state index contributed by atoms with van der Waals surface area (Å²) < 4.78 is 0. The molecule has 1 N–H and O–H groups in total. The van der Waals surface area contributed by atoms with Crippen LogP contribution in [0, 0.1) is 5.92 Å². The van der Waals surface area contributed by atoms with Crippen molar-refractivity contribution in [2.24, 2.45) is 5.92 Å². The minimum absolute atomic E-state index is 0.255. The lowest BCUT2D eigenvalue weighted by Crippen LogP contribution is -2.16. The topological polar surface area (TPSA) is 37.3 Å². The molecule has 1 saturated carbocycles. The van der Waals surface area contributed by atoms with Crippen molar-refractivity contribution in [3.63, 3.8) is 0 Å². The first-order valence-corrected chi connectivity index (χ1v) is 5.70. The Morgan fingerprint density at radius 1 is 1.31 bits per heavy atom. The number of benzene rings is 1. The summed E-state index contributed by atoms with van der Waals surface area (Å²) in [6.07, 6.45) is 4.72. The van der Waals surface area contributed by atoms with Crippen LogP contribution in [0.25, 0.3) is 6.08 Å². The largest absolute Gasteiger partial charge is 0.508 e. The van der Waals surface area contributed by atoms with Gasteiger partial charge in [-0.25, -0.2) is 0 Å². The van der Waals surface area contributed by atoms with Gasteiger partial charge in [0.25, 0.3) is 0 Å². The van der Waals surface area contributed by atoms with Crippen LogP contribution in [0.5, 0.6) is 5.75 Å². The molecule has 84 valence electrons. The molecule has 0 bridgehead atoms. The molecule has 1 aliphatic carbocycles. The first kappa shape index (κ1) is 10.9. The first-order chi connectivity index (χ1) is 7.66. The Morgan fingerprint density at radius 2 is 2.00 bits per heavy atom. The molecule has 16 heavy (non-hydrogen) atoms. The molecule has 1 aliphatic rings. The highest BCUT2D eigenvalue weighted by atomic mass is 16.3. The van der Waals surface area contributed by atoms with Gasteiger partial charge in [0.15, 0.2) is 5.78 Å². The summed E-state index contributed by atoms with van der Waals surface area (Å²) in [5.41, 5.74) is 1.91. The average molecular weight is 216 g/mol. The molecule has 2 nitrogen and oxygen atoms in total. The molecule has 1 aromatic rings. The van der Waals surface area contributed by atoms with Crippen molar-refractivity contribution in [2.75, 3.05) is 0 Å². The van der Waals surface area contributed by atoms with Crippen LogP contribution in [-0.2, 0) is 4.79 Å². The van der Waals surface area contributed by atoms with E-state index in [1.807, 2.05) is 18.2 Å². The standard InChI is InChI=1S/C14H16O2/c1-10-3-2-4-14(16)13(10)9-11-5-7-12(15)8-6-11/h5-10,15H,2-4H2,1H3/b13-9-. The monoisotopic (exact) mass is 216 g/mol. The van der Waals surface area contributed by atoms with Crippen molar-refractivity contribution < 1.29 is 9.90 Å². The highest BCUT2D eigenvalue weighted by Gasteiger charge is 2.21. The fourth-order valence-corrected chi connectivity index (χ4v) is 2.12. The minimum atomic E-state index is 0.255. The van der Waals surface area contributed by atoms with E-state index in [1.54, 1.807) is 12.1 Å². The Morgan fingerprint density at radius 3 is 2.62 bits per heavy atom. The highest BCUT2D eigenvalue weighted by Crippen LogP contribution is 2.28. The second-order valence-corrected chi connectivity index (χ2v) is 4.41. The summed E-state index contributed by atoms with van der Waals surface area (Å²) >= 11 is 0. The van der Waals surface area contributed by atoms with Crippen molar-refractivity contribution in [1.29, 1.82) is 0 Å². The summed E-state index contributed by atoms with van der Waals surface area (Å²) in [5.74, 6) is 0.882. The van der Waals surface area contributed by atoms with Gasteiger partial charge in [0.05, 0.1) is 0 Å². The maximum atomic E-state index is 11.8. The third-order valence-electron chi connectivity index (χ3n) is 3.11. The van der Waals surface area contributed by atoms with Gasteiger partial charge in [-0.1, -0.05) is 19.1 Å². The number of phenolic OH excluding ortho intramolecular Hbond substituents is 1. The molecule has 1 atom stereocenters. The van der Waals surface area contributed by atoms with Gasteiger partial charge in [0, 0.05) is 6.42 Å². The van der Waals surface area contributed by atoms with Crippen LogP contribution in [-0.4, -0.2) is 10.9 Å². The predicted octanol–water partition coefficient (Wildman–Crippen LogP) is 3.16. The summed E-state index contributed by atoms with van der Waals surface area (Å²) in [6, 6.07) is 6.95. The van der Waals surface area contributed by atoms with Gasteiger partial charge >= 0.3 is 0 Å². The van der Waals surface area contributed by atoms with E-state index in [0.29, 0.717) is 12.3 Å². The molecule has 0 aromatic heterocycles. The second-order valence-electron chi connectivity index (χ2n) is 4.41. The Bertz CT molecular complexity index is 415. The van der Waals surface area contributed by atoms with Gasteiger partial charge in [-0.3, -0.25) is 4.79 Å². The van der Waals surface area contributed by atoms with Crippen molar-refractivity contribution in [1.82, 2.24) is 0 Å². The summed E-state index contributed by atoms with van der Waals surface area (Å²) in [6.45, 7) is 2.10. The fourth-order valence-electron chi connectivity index (χ4n) is 2.12. The normalized spacial score (nSPS) is 23.7. The number of hydrogen-bond acceptors (Lipinski definition) is 2. The van der Waals surface area contributed by atoms with Gasteiger partial charge in [-0.2, -0.15) is 0 Å². The molecule has 0 heterocycles. The quantitative estimate of drug-likeness (QED) is 0.732. The number of rotatable bonds is 1. The molecule has 1 fully saturated rings. The maximum absolute atomic E-state index is 11.8. The average Bonchev–Trinajstić information content (AvgIpc) is 2.26. The molecule has 2 heteroatoms. The van der Waals surface area contributed by atoms with Crippen LogP contribution in [0.3, 0.4) is 0 Å². The zero-order valence-corrected chi connectivity index (χ0v) is 9.44. The number of allylic oxidation sites excluding steroid dienone is 1. The SMILES string of the molecule is CC1CCCC(=O)/C1=C\c1ccc(O)cc1. The van der Waals surface area contributed by atoms with E-state index >= 15 is 0 Å². The van der Waals surface area contributed by atoms with Gasteiger partial charge in [-0.05, 0) is 48.1 Å². The molecule has 0 amide bonds. The fraction of sp³-hybridized carbons (Fsp3) is 0.357. The Hall–Kier alpha value is -1.57. The number of carbonyl (C=O) groups excluding carboxylic acids is 1. The number of ketones is 1. The number of phenols is 1. The van der Waals surface area contributed by atoms with E-state index in [-0.39, 0.29) is 11.5 Å². The van der Waals surface area contributed by atoms with E-state index in [9.17, 15) is 9.90 Å².